The Labute approximate surface area is 172 Å². The normalized spacial score (nSPS) is 15.6. The average molecular weight is 405 g/mol. The molecule has 0 atom stereocenters. The van der Waals surface area contributed by atoms with Crippen molar-refractivity contribution < 1.29 is 19.1 Å². The number of carbonyl (C=O) groups is 3. The van der Waals surface area contributed by atoms with E-state index in [1.54, 1.807) is 20.8 Å². The minimum Gasteiger partial charge on any atom is -0.444 e. The fourth-order valence-electron chi connectivity index (χ4n) is 3.20. The predicted molar refractivity (Wildman–Crippen MR) is 111 cm³/mol. The van der Waals surface area contributed by atoms with E-state index in [0.29, 0.717) is 5.69 Å². The van der Waals surface area contributed by atoms with Crippen LogP contribution in [0.25, 0.3) is 0 Å². The zero-order valence-corrected chi connectivity index (χ0v) is 17.7. The molecule has 1 aromatic rings. The SMILES string of the molecule is CN(CC(=O)Nc1cccc(CN2CCC(C(N)=O)CC2)c1)C(=O)OC(C)(C)C. The number of nitrogens with two attached hydrogens (primary N) is 1. The monoisotopic (exact) mass is 404 g/mol. The molecule has 0 bridgehead atoms. The van der Waals surface area contributed by atoms with Crippen molar-refractivity contribution in [3.8, 4) is 0 Å². The van der Waals surface area contributed by atoms with Gasteiger partial charge >= 0.3 is 6.09 Å². The lowest BCUT2D eigenvalue weighted by molar-refractivity contribution is -0.123. The van der Waals surface area contributed by atoms with Crippen molar-refractivity contribution in [2.24, 2.45) is 11.7 Å². The van der Waals surface area contributed by atoms with Gasteiger partial charge in [0.15, 0.2) is 0 Å². The second-order valence-electron chi connectivity index (χ2n) is 8.54. The van der Waals surface area contributed by atoms with E-state index in [-0.39, 0.29) is 24.3 Å². The van der Waals surface area contributed by atoms with Gasteiger partial charge in [-0.2, -0.15) is 0 Å². The number of anilines is 1. The van der Waals surface area contributed by atoms with Crippen LogP contribution in [0.2, 0.25) is 0 Å². The number of piperidine rings is 1. The topological polar surface area (TPSA) is 105 Å². The molecular weight excluding hydrogens is 372 g/mol. The summed E-state index contributed by atoms with van der Waals surface area (Å²) < 4.78 is 5.25. The summed E-state index contributed by atoms with van der Waals surface area (Å²) in [5.41, 5.74) is 6.52. The summed E-state index contributed by atoms with van der Waals surface area (Å²) in [6, 6.07) is 7.63. The molecule has 8 heteroatoms. The van der Waals surface area contributed by atoms with E-state index in [1.165, 1.54) is 11.9 Å². The van der Waals surface area contributed by atoms with Crippen molar-refractivity contribution in [2.75, 3.05) is 32.0 Å². The van der Waals surface area contributed by atoms with Gasteiger partial charge in [-0.3, -0.25) is 14.5 Å². The molecule has 0 saturated carbocycles. The van der Waals surface area contributed by atoms with Gasteiger partial charge in [0.05, 0.1) is 0 Å². The Hall–Kier alpha value is -2.61. The van der Waals surface area contributed by atoms with E-state index < -0.39 is 11.7 Å². The first-order chi connectivity index (χ1) is 13.5. The third kappa shape index (κ3) is 7.73. The molecule has 29 heavy (non-hydrogen) atoms. The lowest BCUT2D eigenvalue weighted by atomic mass is 9.96. The molecule has 3 N–H and O–H groups in total. The zero-order valence-electron chi connectivity index (χ0n) is 17.7. The maximum Gasteiger partial charge on any atom is 0.410 e. The standard InChI is InChI=1S/C21H32N4O4/c1-21(2,3)29-20(28)24(4)14-18(26)23-17-7-5-6-15(12-17)13-25-10-8-16(9-11-25)19(22)27/h5-7,12,16H,8-11,13-14H2,1-4H3,(H2,22,27)(H,23,26). The van der Waals surface area contributed by atoms with E-state index in [0.717, 1.165) is 38.0 Å². The summed E-state index contributed by atoms with van der Waals surface area (Å²) in [5.74, 6) is -0.540. The number of hydrogen-bond donors (Lipinski definition) is 2. The summed E-state index contributed by atoms with van der Waals surface area (Å²) in [6.45, 7) is 7.63. The Morgan fingerprint density at radius 2 is 1.90 bits per heavy atom. The van der Waals surface area contributed by atoms with Crippen LogP contribution >= 0.6 is 0 Å². The number of amides is 3. The lowest BCUT2D eigenvalue weighted by Gasteiger charge is -2.30. The Bertz CT molecular complexity index is 736. The largest absolute Gasteiger partial charge is 0.444 e. The molecule has 0 unspecified atom stereocenters. The molecule has 0 aromatic heterocycles. The van der Waals surface area contributed by atoms with Crippen molar-refractivity contribution >= 4 is 23.6 Å². The molecule has 8 nitrogen and oxygen atoms in total. The maximum absolute atomic E-state index is 12.3. The molecule has 1 aliphatic heterocycles. The van der Waals surface area contributed by atoms with Crippen LogP contribution in [0.15, 0.2) is 24.3 Å². The van der Waals surface area contributed by atoms with E-state index in [2.05, 4.69) is 10.2 Å². The summed E-state index contributed by atoms with van der Waals surface area (Å²) in [6.07, 6.45) is 1.02. The third-order valence-corrected chi connectivity index (χ3v) is 4.69. The van der Waals surface area contributed by atoms with Crippen LogP contribution in [0.5, 0.6) is 0 Å². The Kier molecular flexibility index (Phi) is 7.61. The molecular formula is C21H32N4O4. The number of ether oxygens (including phenoxy) is 1. The van der Waals surface area contributed by atoms with Crippen LogP contribution in [-0.2, 0) is 20.9 Å². The molecule has 3 amide bonds. The Morgan fingerprint density at radius 3 is 2.48 bits per heavy atom. The first-order valence-corrected chi connectivity index (χ1v) is 9.88. The van der Waals surface area contributed by atoms with Crippen LogP contribution in [0, 0.1) is 5.92 Å². The fraction of sp³-hybridized carbons (Fsp3) is 0.571. The second kappa shape index (κ2) is 9.73. The molecule has 2 rings (SSSR count). The number of likely N-dealkylation sites (N-methyl/N-ethyl adjacent to an activating group) is 1. The van der Waals surface area contributed by atoms with Crippen molar-refractivity contribution in [2.45, 2.75) is 45.8 Å². The van der Waals surface area contributed by atoms with Crippen LogP contribution in [0.3, 0.4) is 0 Å². The highest BCUT2D eigenvalue weighted by Crippen LogP contribution is 2.20. The predicted octanol–water partition coefficient (Wildman–Crippen LogP) is 2.19. The third-order valence-electron chi connectivity index (χ3n) is 4.69. The lowest BCUT2D eigenvalue weighted by Crippen LogP contribution is -2.38. The second-order valence-corrected chi connectivity index (χ2v) is 8.54. The number of primary amides is 1. The number of nitrogens with zero attached hydrogens (tertiary/aromatic N) is 2. The average Bonchev–Trinajstić information content (AvgIpc) is 2.60. The molecule has 1 heterocycles. The molecule has 0 aliphatic carbocycles. The van der Waals surface area contributed by atoms with E-state index in [1.807, 2.05) is 24.3 Å². The zero-order chi connectivity index (χ0) is 21.6. The van der Waals surface area contributed by atoms with Gasteiger partial charge < -0.3 is 20.7 Å². The number of likely N-dealkylation sites (tertiary alicyclic amines) is 1. The number of rotatable bonds is 6. The summed E-state index contributed by atoms with van der Waals surface area (Å²) in [4.78, 5) is 39.1. The van der Waals surface area contributed by atoms with E-state index >= 15 is 0 Å². The van der Waals surface area contributed by atoms with Gasteiger partial charge in [-0.25, -0.2) is 4.79 Å². The van der Waals surface area contributed by atoms with Gasteiger partial charge in [-0.15, -0.1) is 0 Å². The highest BCUT2D eigenvalue weighted by molar-refractivity contribution is 5.93. The number of benzene rings is 1. The van der Waals surface area contributed by atoms with Crippen LogP contribution in [-0.4, -0.2) is 60.0 Å². The van der Waals surface area contributed by atoms with Crippen LogP contribution in [0.4, 0.5) is 10.5 Å². The highest BCUT2D eigenvalue weighted by atomic mass is 16.6. The minimum absolute atomic E-state index is 0.0289. The van der Waals surface area contributed by atoms with Gasteiger partial charge in [-0.1, -0.05) is 12.1 Å². The molecule has 1 aromatic carbocycles. The highest BCUT2D eigenvalue weighted by Gasteiger charge is 2.23. The van der Waals surface area contributed by atoms with Crippen molar-refractivity contribution in [1.82, 2.24) is 9.80 Å². The molecule has 1 saturated heterocycles. The Morgan fingerprint density at radius 1 is 1.24 bits per heavy atom. The van der Waals surface area contributed by atoms with Gasteiger partial charge in [0, 0.05) is 25.2 Å². The van der Waals surface area contributed by atoms with Gasteiger partial charge in [0.1, 0.15) is 12.1 Å². The number of carbonyl (C=O) groups excluding carboxylic acids is 3. The number of nitrogens with one attached hydrogen (secondary N) is 1. The summed E-state index contributed by atoms with van der Waals surface area (Å²) in [5, 5.41) is 2.82. The quantitative estimate of drug-likeness (QED) is 0.756. The minimum atomic E-state index is -0.609. The molecule has 0 radical (unpaired) electrons. The summed E-state index contributed by atoms with van der Waals surface area (Å²) >= 11 is 0. The first kappa shape index (κ1) is 22.7. The van der Waals surface area contributed by atoms with E-state index in [9.17, 15) is 14.4 Å². The fourth-order valence-corrected chi connectivity index (χ4v) is 3.20. The van der Waals surface area contributed by atoms with E-state index in [4.69, 9.17) is 10.5 Å². The van der Waals surface area contributed by atoms with Crippen molar-refractivity contribution in [3.63, 3.8) is 0 Å². The summed E-state index contributed by atoms with van der Waals surface area (Å²) in [7, 11) is 1.53. The smallest absolute Gasteiger partial charge is 0.410 e. The van der Waals surface area contributed by atoms with Gasteiger partial charge in [-0.05, 0) is 64.4 Å². The van der Waals surface area contributed by atoms with Gasteiger partial charge in [0.25, 0.3) is 0 Å². The molecule has 160 valence electrons. The maximum atomic E-state index is 12.3. The van der Waals surface area contributed by atoms with Gasteiger partial charge in [0.2, 0.25) is 11.8 Å². The van der Waals surface area contributed by atoms with Crippen molar-refractivity contribution in [1.29, 1.82) is 0 Å². The number of hydrogen-bond acceptors (Lipinski definition) is 5. The first-order valence-electron chi connectivity index (χ1n) is 9.88. The van der Waals surface area contributed by atoms with Crippen LogP contribution < -0.4 is 11.1 Å². The molecule has 1 fully saturated rings. The van der Waals surface area contributed by atoms with Crippen LogP contribution in [0.1, 0.15) is 39.2 Å². The molecule has 1 aliphatic rings. The molecule has 0 spiro atoms. The van der Waals surface area contributed by atoms with Crippen molar-refractivity contribution in [3.05, 3.63) is 29.8 Å². The Balaban J connectivity index is 1.85.